The van der Waals surface area contributed by atoms with Crippen LogP contribution in [0, 0.1) is 5.82 Å². The van der Waals surface area contributed by atoms with Gasteiger partial charge < -0.3 is 10.2 Å². The van der Waals surface area contributed by atoms with Crippen LogP contribution in [0.15, 0.2) is 41.4 Å². The third-order valence-corrected chi connectivity index (χ3v) is 5.26. The van der Waals surface area contributed by atoms with Gasteiger partial charge >= 0.3 is 0 Å². The van der Waals surface area contributed by atoms with Crippen LogP contribution in [0.2, 0.25) is 5.02 Å². The lowest BCUT2D eigenvalue weighted by atomic mass is 10.2. The van der Waals surface area contributed by atoms with Crippen molar-refractivity contribution in [2.75, 3.05) is 27.2 Å². The molecule has 1 aromatic carbocycles. The van der Waals surface area contributed by atoms with Crippen molar-refractivity contribution in [3.63, 3.8) is 0 Å². The first kappa shape index (κ1) is 21.2. The maximum absolute atomic E-state index is 13.2. The van der Waals surface area contributed by atoms with E-state index in [4.69, 9.17) is 11.6 Å². The molecule has 0 unspecified atom stereocenters. The van der Waals surface area contributed by atoms with Gasteiger partial charge in [0.1, 0.15) is 11.5 Å². The van der Waals surface area contributed by atoms with Crippen molar-refractivity contribution in [1.82, 2.24) is 19.9 Å². The van der Waals surface area contributed by atoms with Gasteiger partial charge in [-0.3, -0.25) is 9.78 Å². The minimum Gasteiger partial charge on any atom is -0.349 e. The van der Waals surface area contributed by atoms with Gasteiger partial charge in [0, 0.05) is 25.8 Å². The van der Waals surface area contributed by atoms with E-state index in [9.17, 15) is 17.6 Å². The Labute approximate surface area is 162 Å². The average molecular weight is 415 g/mol. The first-order valence-electron chi connectivity index (χ1n) is 8.01. The zero-order valence-corrected chi connectivity index (χ0v) is 16.4. The van der Waals surface area contributed by atoms with E-state index in [2.05, 4.69) is 15.0 Å². The van der Waals surface area contributed by atoms with Crippen LogP contribution in [0.25, 0.3) is 0 Å². The number of hydrogen-bond acceptors (Lipinski definition) is 5. The van der Waals surface area contributed by atoms with E-state index in [1.165, 1.54) is 12.3 Å². The van der Waals surface area contributed by atoms with Crippen LogP contribution >= 0.6 is 11.6 Å². The Kier molecular flexibility index (Phi) is 7.25. The summed E-state index contributed by atoms with van der Waals surface area (Å²) in [6, 6.07) is 6.28. The molecule has 0 spiro atoms. The third-order valence-electron chi connectivity index (χ3n) is 3.57. The van der Waals surface area contributed by atoms with Gasteiger partial charge in [-0.15, -0.1) is 0 Å². The SMILES string of the molecule is CN(C)CCNC(=O)c1ccc(CNS(=O)(=O)c2ccc(F)c(Cl)c2)cn1. The molecule has 0 fully saturated rings. The van der Waals surface area contributed by atoms with Gasteiger partial charge in [-0.25, -0.2) is 17.5 Å². The summed E-state index contributed by atoms with van der Waals surface area (Å²) in [7, 11) is -0.0514. The van der Waals surface area contributed by atoms with Gasteiger partial charge in [-0.05, 0) is 43.9 Å². The molecule has 1 aromatic heterocycles. The van der Waals surface area contributed by atoms with Gasteiger partial charge in [0.2, 0.25) is 10.0 Å². The molecular weight excluding hydrogens is 395 g/mol. The number of benzene rings is 1. The van der Waals surface area contributed by atoms with E-state index in [1.54, 1.807) is 6.07 Å². The van der Waals surface area contributed by atoms with E-state index >= 15 is 0 Å². The van der Waals surface area contributed by atoms with Crippen LogP contribution in [0.4, 0.5) is 4.39 Å². The Bertz CT molecular complexity index is 905. The highest BCUT2D eigenvalue weighted by atomic mass is 35.5. The standard InChI is InChI=1S/C17H20ClFN4O3S/c1-23(2)8-7-20-17(24)16-6-3-12(10-21-16)11-22-27(25,26)13-4-5-15(19)14(18)9-13/h3-6,9-10,22H,7-8,11H2,1-2H3,(H,20,24). The molecule has 0 aliphatic rings. The summed E-state index contributed by atoms with van der Waals surface area (Å²) in [5.41, 5.74) is 0.808. The van der Waals surface area contributed by atoms with Crippen molar-refractivity contribution in [3.8, 4) is 0 Å². The number of rotatable bonds is 8. The molecule has 2 N–H and O–H groups in total. The second-order valence-electron chi connectivity index (χ2n) is 6.01. The van der Waals surface area contributed by atoms with Gasteiger partial charge in [-0.1, -0.05) is 17.7 Å². The Balaban J connectivity index is 1.96. The topological polar surface area (TPSA) is 91.4 Å². The molecule has 0 atom stereocenters. The van der Waals surface area contributed by atoms with Gasteiger partial charge in [0.15, 0.2) is 0 Å². The molecule has 1 amide bonds. The lowest BCUT2D eigenvalue weighted by Crippen LogP contribution is -2.31. The van der Waals surface area contributed by atoms with Crippen LogP contribution in [0.5, 0.6) is 0 Å². The average Bonchev–Trinajstić information content (AvgIpc) is 2.62. The quantitative estimate of drug-likeness (QED) is 0.685. The normalized spacial score (nSPS) is 11.6. The molecule has 146 valence electrons. The fraction of sp³-hybridized carbons (Fsp3) is 0.294. The zero-order chi connectivity index (χ0) is 20.0. The molecule has 2 aromatic rings. The Morgan fingerprint density at radius 3 is 2.59 bits per heavy atom. The molecule has 1 heterocycles. The second-order valence-corrected chi connectivity index (χ2v) is 8.19. The monoisotopic (exact) mass is 414 g/mol. The minimum atomic E-state index is -3.86. The number of sulfonamides is 1. The van der Waals surface area contributed by atoms with E-state index < -0.39 is 15.8 Å². The molecule has 10 heteroatoms. The van der Waals surface area contributed by atoms with Crippen LogP contribution in [0.3, 0.4) is 0 Å². The number of likely N-dealkylation sites (N-methyl/N-ethyl adjacent to an activating group) is 1. The number of carbonyl (C=O) groups excluding carboxylic acids is 1. The lowest BCUT2D eigenvalue weighted by Gasteiger charge is -2.10. The number of halogens is 2. The largest absolute Gasteiger partial charge is 0.349 e. The summed E-state index contributed by atoms with van der Waals surface area (Å²) >= 11 is 5.62. The summed E-state index contributed by atoms with van der Waals surface area (Å²) in [6.07, 6.45) is 1.42. The summed E-state index contributed by atoms with van der Waals surface area (Å²) in [5, 5.41) is 2.47. The van der Waals surface area contributed by atoms with Crippen molar-refractivity contribution in [3.05, 3.63) is 58.6 Å². The Morgan fingerprint density at radius 2 is 2.00 bits per heavy atom. The predicted molar refractivity (Wildman–Crippen MR) is 101 cm³/mol. The predicted octanol–water partition coefficient (Wildman–Crippen LogP) is 1.64. The summed E-state index contributed by atoms with van der Waals surface area (Å²) in [6.45, 7) is 1.17. The number of nitrogens with one attached hydrogen (secondary N) is 2. The van der Waals surface area contributed by atoms with E-state index in [0.29, 0.717) is 18.7 Å². The highest BCUT2D eigenvalue weighted by Gasteiger charge is 2.16. The second kappa shape index (κ2) is 9.23. The number of aromatic nitrogens is 1. The van der Waals surface area contributed by atoms with Crippen molar-refractivity contribution in [2.24, 2.45) is 0 Å². The van der Waals surface area contributed by atoms with Crippen molar-refractivity contribution in [2.45, 2.75) is 11.4 Å². The minimum absolute atomic E-state index is 0.0349. The van der Waals surface area contributed by atoms with Crippen molar-refractivity contribution in [1.29, 1.82) is 0 Å². The van der Waals surface area contributed by atoms with Crippen LogP contribution in [-0.4, -0.2) is 51.4 Å². The van der Waals surface area contributed by atoms with Gasteiger partial charge in [0.25, 0.3) is 5.91 Å². The smallest absolute Gasteiger partial charge is 0.269 e. The number of nitrogens with zero attached hydrogens (tertiary/aromatic N) is 2. The summed E-state index contributed by atoms with van der Waals surface area (Å²) < 4.78 is 40.0. The molecule has 0 aliphatic carbocycles. The van der Waals surface area contributed by atoms with Crippen LogP contribution in [-0.2, 0) is 16.6 Å². The molecule has 7 nitrogen and oxygen atoms in total. The number of amides is 1. The van der Waals surface area contributed by atoms with E-state index in [1.807, 2.05) is 19.0 Å². The van der Waals surface area contributed by atoms with E-state index in [0.717, 1.165) is 18.2 Å². The Morgan fingerprint density at radius 1 is 1.26 bits per heavy atom. The zero-order valence-electron chi connectivity index (χ0n) is 14.9. The molecule has 0 radical (unpaired) electrons. The van der Waals surface area contributed by atoms with Gasteiger partial charge in [-0.2, -0.15) is 0 Å². The highest BCUT2D eigenvalue weighted by molar-refractivity contribution is 7.89. The first-order chi connectivity index (χ1) is 12.7. The summed E-state index contributed by atoms with van der Waals surface area (Å²) in [5.74, 6) is -0.996. The molecule has 0 bridgehead atoms. The van der Waals surface area contributed by atoms with Crippen LogP contribution < -0.4 is 10.0 Å². The maximum atomic E-state index is 13.2. The fourth-order valence-corrected chi connectivity index (χ4v) is 3.34. The number of carbonyl (C=O) groups is 1. The van der Waals surface area contributed by atoms with Gasteiger partial charge in [0.05, 0.1) is 9.92 Å². The van der Waals surface area contributed by atoms with Crippen molar-refractivity contribution < 1.29 is 17.6 Å². The fourth-order valence-electron chi connectivity index (χ4n) is 2.05. The first-order valence-corrected chi connectivity index (χ1v) is 9.88. The van der Waals surface area contributed by atoms with Crippen LogP contribution in [0.1, 0.15) is 16.1 Å². The molecule has 0 saturated carbocycles. The molecule has 0 aliphatic heterocycles. The third kappa shape index (κ3) is 6.24. The molecular formula is C17H20ClFN4O3S. The maximum Gasteiger partial charge on any atom is 0.269 e. The molecule has 2 rings (SSSR count). The number of hydrogen-bond donors (Lipinski definition) is 2. The summed E-state index contributed by atoms with van der Waals surface area (Å²) in [4.78, 5) is 17.8. The van der Waals surface area contributed by atoms with E-state index in [-0.39, 0.29) is 28.1 Å². The Hall–Kier alpha value is -2.07. The molecule has 0 saturated heterocycles. The van der Waals surface area contributed by atoms with Crippen molar-refractivity contribution >= 4 is 27.5 Å². The lowest BCUT2D eigenvalue weighted by molar-refractivity contribution is 0.0946. The number of pyridine rings is 1. The molecule has 27 heavy (non-hydrogen) atoms. The highest BCUT2D eigenvalue weighted by Crippen LogP contribution is 2.19.